The third-order valence-corrected chi connectivity index (χ3v) is 3.64. The number of benzene rings is 1. The fraction of sp³-hybridized carbons (Fsp3) is 0.154. The summed E-state index contributed by atoms with van der Waals surface area (Å²) in [7, 11) is -1.96. The lowest BCUT2D eigenvalue weighted by Gasteiger charge is -2.12. The second kappa shape index (κ2) is 5.38. The highest BCUT2D eigenvalue weighted by Gasteiger charge is 2.17. The predicted molar refractivity (Wildman–Crippen MR) is 74.8 cm³/mol. The van der Waals surface area contributed by atoms with Gasteiger partial charge >= 0.3 is 0 Å². The van der Waals surface area contributed by atoms with Crippen LogP contribution in [0.25, 0.3) is 0 Å². The molecule has 0 aliphatic rings. The first kappa shape index (κ1) is 14.1. The van der Waals surface area contributed by atoms with Crippen molar-refractivity contribution >= 4 is 15.5 Å². The molecule has 2 aromatic rings. The van der Waals surface area contributed by atoms with Crippen LogP contribution in [0.15, 0.2) is 41.4 Å². The van der Waals surface area contributed by atoms with E-state index in [1.54, 1.807) is 18.2 Å². The fourth-order valence-electron chi connectivity index (χ4n) is 1.61. The highest BCUT2D eigenvalue weighted by atomic mass is 32.2. The summed E-state index contributed by atoms with van der Waals surface area (Å²) < 4.78 is 34.1. The molecule has 1 heterocycles. The maximum Gasteiger partial charge on any atom is 0.238 e. The molecule has 106 valence electrons. The molecule has 0 radical (unpaired) electrons. The number of methoxy groups -OCH3 is 1. The van der Waals surface area contributed by atoms with E-state index in [4.69, 9.17) is 15.2 Å². The van der Waals surface area contributed by atoms with Gasteiger partial charge in [0.2, 0.25) is 5.88 Å². The Hall–Kier alpha value is -2.28. The summed E-state index contributed by atoms with van der Waals surface area (Å²) in [6.45, 7) is 0. The van der Waals surface area contributed by atoms with Crippen LogP contribution >= 0.6 is 0 Å². The maximum absolute atomic E-state index is 11.7. The SMILES string of the molecule is COc1ccc(N)cc1Oc1ncccc1S(C)(=O)=O. The summed E-state index contributed by atoms with van der Waals surface area (Å²) in [4.78, 5) is 3.95. The van der Waals surface area contributed by atoms with Crippen molar-refractivity contribution in [3.8, 4) is 17.4 Å². The van der Waals surface area contributed by atoms with E-state index in [2.05, 4.69) is 4.98 Å². The van der Waals surface area contributed by atoms with E-state index in [0.29, 0.717) is 17.2 Å². The van der Waals surface area contributed by atoms with E-state index in [9.17, 15) is 8.42 Å². The van der Waals surface area contributed by atoms with E-state index in [1.165, 1.54) is 25.4 Å². The number of nitrogens with zero attached hydrogens (tertiary/aromatic N) is 1. The van der Waals surface area contributed by atoms with Crippen LogP contribution in [0.5, 0.6) is 17.4 Å². The summed E-state index contributed by atoms with van der Waals surface area (Å²) >= 11 is 0. The lowest BCUT2D eigenvalue weighted by molar-refractivity contribution is 0.370. The third kappa shape index (κ3) is 3.00. The van der Waals surface area contributed by atoms with Crippen LogP contribution in [0.2, 0.25) is 0 Å². The number of sulfone groups is 1. The number of aromatic nitrogens is 1. The minimum atomic E-state index is -3.44. The Labute approximate surface area is 117 Å². The van der Waals surface area contributed by atoms with Crippen LogP contribution in [0.4, 0.5) is 5.69 Å². The molecule has 1 aromatic heterocycles. The van der Waals surface area contributed by atoms with Gasteiger partial charge in [0.25, 0.3) is 0 Å². The molecule has 2 rings (SSSR count). The summed E-state index contributed by atoms with van der Waals surface area (Å²) in [5.74, 6) is 0.722. The second-order valence-corrected chi connectivity index (χ2v) is 6.08. The summed E-state index contributed by atoms with van der Waals surface area (Å²) in [5.41, 5.74) is 6.16. The Morgan fingerprint density at radius 2 is 1.95 bits per heavy atom. The zero-order valence-corrected chi connectivity index (χ0v) is 11.8. The van der Waals surface area contributed by atoms with E-state index in [1.807, 2.05) is 0 Å². The van der Waals surface area contributed by atoms with Crippen molar-refractivity contribution in [3.05, 3.63) is 36.5 Å². The highest BCUT2D eigenvalue weighted by Crippen LogP contribution is 2.34. The Morgan fingerprint density at radius 1 is 1.20 bits per heavy atom. The van der Waals surface area contributed by atoms with Crippen LogP contribution in [0.3, 0.4) is 0 Å². The number of nitrogen functional groups attached to an aromatic ring is 1. The first-order valence-electron chi connectivity index (χ1n) is 5.68. The number of hydrogen-bond donors (Lipinski definition) is 1. The zero-order valence-electron chi connectivity index (χ0n) is 11.0. The van der Waals surface area contributed by atoms with Gasteiger partial charge in [-0.1, -0.05) is 0 Å². The van der Waals surface area contributed by atoms with Gasteiger partial charge in [-0.15, -0.1) is 0 Å². The largest absolute Gasteiger partial charge is 0.493 e. The molecule has 6 nitrogen and oxygen atoms in total. The molecule has 0 spiro atoms. The minimum Gasteiger partial charge on any atom is -0.493 e. The van der Waals surface area contributed by atoms with Crippen LogP contribution in [0, 0.1) is 0 Å². The van der Waals surface area contributed by atoms with Gasteiger partial charge in [-0.25, -0.2) is 13.4 Å². The highest BCUT2D eigenvalue weighted by molar-refractivity contribution is 7.90. The standard InChI is InChI=1S/C13H14N2O4S/c1-18-10-6-5-9(14)8-11(10)19-13-12(20(2,16)17)4-3-7-15-13/h3-8H,14H2,1-2H3. The summed E-state index contributed by atoms with van der Waals surface area (Å²) in [6, 6.07) is 7.78. The molecule has 2 N–H and O–H groups in total. The molecule has 0 saturated carbocycles. The van der Waals surface area contributed by atoms with Gasteiger partial charge in [-0.3, -0.25) is 0 Å². The summed E-state index contributed by atoms with van der Waals surface area (Å²) in [6.07, 6.45) is 2.54. The lowest BCUT2D eigenvalue weighted by atomic mass is 10.3. The van der Waals surface area contributed by atoms with Crippen molar-refractivity contribution in [2.75, 3.05) is 19.1 Å². The molecule has 7 heteroatoms. The summed E-state index contributed by atoms with van der Waals surface area (Å²) in [5, 5.41) is 0. The maximum atomic E-state index is 11.7. The van der Waals surface area contributed by atoms with Gasteiger partial charge in [0.1, 0.15) is 4.90 Å². The number of pyridine rings is 1. The van der Waals surface area contributed by atoms with Crippen molar-refractivity contribution in [2.45, 2.75) is 4.90 Å². The number of nitrogens with two attached hydrogens (primary N) is 1. The molecule has 0 aliphatic heterocycles. The van der Waals surface area contributed by atoms with Gasteiger partial charge in [0, 0.05) is 24.2 Å². The molecule has 0 fully saturated rings. The number of rotatable bonds is 4. The Kier molecular flexibility index (Phi) is 3.80. The zero-order chi connectivity index (χ0) is 14.8. The monoisotopic (exact) mass is 294 g/mol. The fourth-order valence-corrected chi connectivity index (χ4v) is 2.35. The first-order valence-corrected chi connectivity index (χ1v) is 7.57. The first-order chi connectivity index (χ1) is 9.41. The predicted octanol–water partition coefficient (Wildman–Crippen LogP) is 1.87. The lowest BCUT2D eigenvalue weighted by Crippen LogP contribution is -2.02. The Morgan fingerprint density at radius 3 is 2.60 bits per heavy atom. The molecule has 0 aliphatic carbocycles. The van der Waals surface area contributed by atoms with Crippen molar-refractivity contribution in [3.63, 3.8) is 0 Å². The molecule has 20 heavy (non-hydrogen) atoms. The van der Waals surface area contributed by atoms with Crippen LogP contribution in [-0.4, -0.2) is 26.8 Å². The quantitative estimate of drug-likeness (QED) is 0.865. The smallest absolute Gasteiger partial charge is 0.238 e. The Balaban J connectivity index is 2.48. The van der Waals surface area contributed by atoms with Gasteiger partial charge in [0.05, 0.1) is 7.11 Å². The molecule has 0 saturated heterocycles. The van der Waals surface area contributed by atoms with Crippen molar-refractivity contribution in [2.24, 2.45) is 0 Å². The molecule has 0 unspecified atom stereocenters. The van der Waals surface area contributed by atoms with E-state index >= 15 is 0 Å². The molecule has 0 atom stereocenters. The average Bonchev–Trinajstić information content (AvgIpc) is 2.38. The van der Waals surface area contributed by atoms with Crippen LogP contribution < -0.4 is 15.2 Å². The topological polar surface area (TPSA) is 91.5 Å². The Bertz CT molecular complexity index is 729. The van der Waals surface area contributed by atoms with E-state index in [-0.39, 0.29) is 10.8 Å². The molecular weight excluding hydrogens is 280 g/mol. The van der Waals surface area contributed by atoms with Crippen molar-refractivity contribution < 1.29 is 17.9 Å². The van der Waals surface area contributed by atoms with E-state index in [0.717, 1.165) is 6.26 Å². The molecule has 0 bridgehead atoms. The second-order valence-electron chi connectivity index (χ2n) is 4.09. The number of ether oxygens (including phenoxy) is 2. The number of hydrogen-bond acceptors (Lipinski definition) is 6. The van der Waals surface area contributed by atoms with Gasteiger partial charge in [0.15, 0.2) is 21.3 Å². The molecule has 0 amide bonds. The average molecular weight is 294 g/mol. The number of anilines is 1. The molecule has 1 aromatic carbocycles. The van der Waals surface area contributed by atoms with Crippen LogP contribution in [0.1, 0.15) is 0 Å². The molecular formula is C13H14N2O4S. The van der Waals surface area contributed by atoms with Crippen LogP contribution in [-0.2, 0) is 9.84 Å². The van der Waals surface area contributed by atoms with Gasteiger partial charge < -0.3 is 15.2 Å². The van der Waals surface area contributed by atoms with Gasteiger partial charge in [-0.2, -0.15) is 0 Å². The van der Waals surface area contributed by atoms with Crippen molar-refractivity contribution in [1.29, 1.82) is 0 Å². The minimum absolute atomic E-state index is 0.00415. The normalized spacial score (nSPS) is 11.1. The van der Waals surface area contributed by atoms with Gasteiger partial charge in [-0.05, 0) is 24.3 Å². The van der Waals surface area contributed by atoms with E-state index < -0.39 is 9.84 Å². The third-order valence-electron chi connectivity index (χ3n) is 2.53. The van der Waals surface area contributed by atoms with Crippen molar-refractivity contribution in [1.82, 2.24) is 4.98 Å².